The molecule has 2 heterocycles. The summed E-state index contributed by atoms with van der Waals surface area (Å²) in [5.74, 6) is 1.76. The number of likely N-dealkylation sites (tertiary alicyclic amines) is 1. The molecule has 1 aromatic heterocycles. The van der Waals surface area contributed by atoms with E-state index in [-0.39, 0.29) is 36.9 Å². The molecule has 0 saturated carbocycles. The quantitative estimate of drug-likeness (QED) is 0.160. The first-order chi connectivity index (χ1) is 24.8. The van der Waals surface area contributed by atoms with Crippen LogP contribution in [0.3, 0.4) is 0 Å². The van der Waals surface area contributed by atoms with Crippen molar-refractivity contribution in [2.24, 2.45) is 5.14 Å². The molecule has 0 atom stereocenters. The van der Waals surface area contributed by atoms with Crippen LogP contribution in [0.5, 0.6) is 17.2 Å². The normalized spacial score (nSPS) is 14.0. The molecule has 1 fully saturated rings. The molecule has 4 aromatic carbocycles. The van der Waals surface area contributed by atoms with Gasteiger partial charge in [0.15, 0.2) is 0 Å². The first-order valence-electron chi connectivity index (χ1n) is 16.1. The Bertz CT molecular complexity index is 2210. The molecule has 0 aliphatic carbocycles. The van der Waals surface area contributed by atoms with Crippen molar-refractivity contribution in [3.8, 4) is 28.6 Å². The summed E-state index contributed by atoms with van der Waals surface area (Å²) >= 11 is 2.07. The second-order valence-electron chi connectivity index (χ2n) is 12.4. The molecule has 0 unspecified atom stereocenters. The minimum absolute atomic E-state index is 0.0205. The Morgan fingerprint density at radius 2 is 1.29 bits per heavy atom. The fraction of sp³-hybridized carbons (Fsp3) is 0.286. The molecule has 0 bridgehead atoms. The number of primary sulfonamides is 1. The van der Waals surface area contributed by atoms with Gasteiger partial charge in [0.05, 0.1) is 33.4 Å². The fourth-order valence-corrected chi connectivity index (χ4v) is 10.3. The lowest BCUT2D eigenvalue weighted by molar-refractivity contribution is 0.189. The van der Waals surface area contributed by atoms with Gasteiger partial charge in [0.1, 0.15) is 27.0 Å². The van der Waals surface area contributed by atoms with Crippen LogP contribution in [0.25, 0.3) is 11.4 Å². The second-order valence-corrected chi connectivity index (χ2v) is 16.9. The first kappa shape index (κ1) is 37.6. The Morgan fingerprint density at radius 3 is 1.73 bits per heavy atom. The molecule has 2 N–H and O–H groups in total. The fourth-order valence-electron chi connectivity index (χ4n) is 6.03. The van der Waals surface area contributed by atoms with Crippen molar-refractivity contribution in [2.45, 2.75) is 35.3 Å². The van der Waals surface area contributed by atoms with E-state index in [1.54, 1.807) is 82.0 Å². The van der Waals surface area contributed by atoms with Gasteiger partial charge in [-0.2, -0.15) is 9.10 Å². The molecule has 5 aromatic rings. The zero-order valence-electron chi connectivity index (χ0n) is 28.9. The summed E-state index contributed by atoms with van der Waals surface area (Å²) < 4.78 is 75.0. The number of aromatic nitrogens is 4. The number of benzene rings is 4. The Kier molecular flexibility index (Phi) is 11.2. The molecule has 1 aliphatic heterocycles. The molecule has 6 rings (SSSR count). The first-order valence-corrected chi connectivity index (χ1v) is 20.1. The molecule has 17 heteroatoms. The second kappa shape index (κ2) is 15.5. The monoisotopic (exact) mass is 859 g/mol. The molecule has 1 saturated heterocycles. The molecular weight excluding hydrogens is 821 g/mol. The van der Waals surface area contributed by atoms with Crippen molar-refractivity contribution in [1.29, 1.82) is 0 Å². The molecule has 52 heavy (non-hydrogen) atoms. The van der Waals surface area contributed by atoms with Gasteiger partial charge in [0, 0.05) is 35.7 Å². The number of nitrogens with zero attached hydrogens (tertiary/aromatic N) is 6. The largest absolute Gasteiger partial charge is 0.497 e. The number of sulfonamides is 2. The van der Waals surface area contributed by atoms with E-state index in [1.807, 2.05) is 19.2 Å². The molecule has 14 nitrogen and oxygen atoms in total. The predicted molar refractivity (Wildman–Crippen MR) is 202 cm³/mol. The zero-order chi connectivity index (χ0) is 37.2. The number of halogens is 1. The third-order valence-electron chi connectivity index (χ3n) is 8.81. The van der Waals surface area contributed by atoms with Crippen LogP contribution in [0.15, 0.2) is 88.7 Å². The van der Waals surface area contributed by atoms with Crippen molar-refractivity contribution in [2.75, 3.05) is 41.5 Å². The summed E-state index contributed by atoms with van der Waals surface area (Å²) in [5.41, 5.74) is 2.79. The van der Waals surface area contributed by atoms with E-state index >= 15 is 8.42 Å². The average molecular weight is 860 g/mol. The Morgan fingerprint density at radius 1 is 0.808 bits per heavy atom. The third-order valence-corrected chi connectivity index (χ3v) is 12.9. The topological polar surface area (TPSA) is 172 Å². The van der Waals surface area contributed by atoms with E-state index in [0.29, 0.717) is 50.6 Å². The number of nitrogens with two attached hydrogens (primary N) is 1. The number of likely N-dealkylation sites (N-methyl/N-ethyl adjacent to an activating group) is 1. The summed E-state index contributed by atoms with van der Waals surface area (Å²) in [6.45, 7) is 1.29. The maximum atomic E-state index is 15.2. The van der Waals surface area contributed by atoms with Gasteiger partial charge in [-0.05, 0) is 99.6 Å². The Balaban J connectivity index is 1.54. The summed E-state index contributed by atoms with van der Waals surface area (Å²) in [7, 11) is -2.68. The molecule has 0 spiro atoms. The summed E-state index contributed by atoms with van der Waals surface area (Å²) in [6, 6.07) is 22.6. The third kappa shape index (κ3) is 8.08. The van der Waals surface area contributed by atoms with Crippen LogP contribution < -0.4 is 19.3 Å². The van der Waals surface area contributed by atoms with E-state index in [4.69, 9.17) is 19.3 Å². The molecule has 274 valence electrons. The Hall–Kier alpha value is -4.14. The zero-order valence-corrected chi connectivity index (χ0v) is 32.7. The van der Waals surface area contributed by atoms with E-state index < -0.39 is 29.8 Å². The molecule has 1 aliphatic rings. The highest BCUT2D eigenvalue weighted by molar-refractivity contribution is 14.1. The lowest BCUT2D eigenvalue weighted by atomic mass is 9.91. The standard InChI is InChI=1S/C35H38IN7O7S2/c1-41-21-26(22-41)30-17-31(51(37,44)45)34(32(33(30)36)35-38-40-43(39-35)20-25-9-15-29(50-4)16-10-25)52(46,47)42(18-23-5-11-27(48-2)12-6-23)19-24-7-13-28(49-3)14-8-24/h5-17,26H,18-22H2,1-4H3,(H2,37,44,45). The van der Waals surface area contributed by atoms with Crippen LogP contribution in [0.4, 0.5) is 0 Å². The number of ether oxygens (including phenoxy) is 3. The lowest BCUT2D eigenvalue weighted by Gasteiger charge is -2.37. The van der Waals surface area contributed by atoms with Crippen molar-refractivity contribution in [3.05, 3.63) is 105 Å². The van der Waals surface area contributed by atoms with Gasteiger partial charge in [-0.15, -0.1) is 10.2 Å². The molecule has 0 radical (unpaired) electrons. The van der Waals surface area contributed by atoms with Gasteiger partial charge < -0.3 is 19.1 Å². The smallest absolute Gasteiger partial charge is 0.245 e. The minimum atomic E-state index is -4.68. The Labute approximate surface area is 316 Å². The number of rotatable bonds is 14. The van der Waals surface area contributed by atoms with Crippen LogP contribution in [0, 0.1) is 3.57 Å². The van der Waals surface area contributed by atoms with Gasteiger partial charge >= 0.3 is 0 Å². The molecule has 0 amide bonds. The van der Waals surface area contributed by atoms with Crippen LogP contribution in [0.2, 0.25) is 0 Å². The highest BCUT2D eigenvalue weighted by Crippen LogP contribution is 2.42. The summed E-state index contributed by atoms with van der Waals surface area (Å²) in [6.07, 6.45) is 0. The highest BCUT2D eigenvalue weighted by atomic mass is 127. The SMILES string of the molecule is COc1ccc(CN(Cc2ccc(OC)cc2)S(=O)(=O)c2c(S(N)(=O)=O)cc(C3CN(C)C3)c(I)c2-c2nnn(Cc3ccc(OC)cc3)n2)cc1. The van der Waals surface area contributed by atoms with Gasteiger partial charge in [-0.1, -0.05) is 36.4 Å². The molecular formula is C35H38IN7O7S2. The van der Waals surface area contributed by atoms with Crippen molar-refractivity contribution in [3.63, 3.8) is 0 Å². The van der Waals surface area contributed by atoms with E-state index in [1.165, 1.54) is 15.2 Å². The van der Waals surface area contributed by atoms with Gasteiger partial charge in [0.2, 0.25) is 25.9 Å². The highest BCUT2D eigenvalue weighted by Gasteiger charge is 2.39. The maximum absolute atomic E-state index is 15.2. The predicted octanol–water partition coefficient (Wildman–Crippen LogP) is 4.09. The summed E-state index contributed by atoms with van der Waals surface area (Å²) in [4.78, 5) is 2.36. The van der Waals surface area contributed by atoms with E-state index in [2.05, 4.69) is 42.9 Å². The van der Waals surface area contributed by atoms with E-state index in [9.17, 15) is 8.42 Å². The number of hydrogen-bond donors (Lipinski definition) is 1. The van der Waals surface area contributed by atoms with Crippen molar-refractivity contribution >= 4 is 42.6 Å². The van der Waals surface area contributed by atoms with Gasteiger partial charge in [-0.25, -0.2) is 22.0 Å². The van der Waals surface area contributed by atoms with E-state index in [0.717, 1.165) is 5.56 Å². The van der Waals surface area contributed by atoms with Crippen LogP contribution >= 0.6 is 22.6 Å². The number of hydrogen-bond acceptors (Lipinski definition) is 11. The van der Waals surface area contributed by atoms with Gasteiger partial charge in [-0.3, -0.25) is 0 Å². The van der Waals surface area contributed by atoms with Gasteiger partial charge in [0.25, 0.3) is 0 Å². The number of tetrazole rings is 1. The lowest BCUT2D eigenvalue weighted by Crippen LogP contribution is -2.42. The van der Waals surface area contributed by atoms with Crippen LogP contribution in [0.1, 0.15) is 28.2 Å². The van der Waals surface area contributed by atoms with Crippen molar-refractivity contribution in [1.82, 2.24) is 29.4 Å². The van der Waals surface area contributed by atoms with Crippen molar-refractivity contribution < 1.29 is 31.0 Å². The average Bonchev–Trinajstić information content (AvgIpc) is 3.58. The maximum Gasteiger partial charge on any atom is 0.245 e. The van der Waals surface area contributed by atoms with Crippen LogP contribution in [-0.2, 0) is 39.7 Å². The van der Waals surface area contributed by atoms with Crippen LogP contribution in [-0.4, -0.2) is 87.7 Å². The number of methoxy groups -OCH3 is 3. The summed E-state index contributed by atoms with van der Waals surface area (Å²) in [5, 5.41) is 19.0. The minimum Gasteiger partial charge on any atom is -0.497 e.